The number of hydrogen-bond donors (Lipinski definition) is 0. The van der Waals surface area contributed by atoms with Gasteiger partial charge in [0.1, 0.15) is 6.10 Å². The summed E-state index contributed by atoms with van der Waals surface area (Å²) in [5.41, 5.74) is 0. The molecular weight excluding hydrogens is 276 g/mol. The molecule has 7 heteroatoms. The number of amides is 2. The molecule has 1 saturated carbocycles. The summed E-state index contributed by atoms with van der Waals surface area (Å²) in [7, 11) is -1.54. The molecule has 0 aromatic heterocycles. The van der Waals surface area contributed by atoms with Crippen LogP contribution in [0.1, 0.15) is 52.4 Å². The molecular formula is C13H24N2O4Si. The monoisotopic (exact) mass is 300 g/mol. The molecule has 0 unspecified atom stereocenters. The zero-order chi connectivity index (χ0) is 14.8. The van der Waals surface area contributed by atoms with Crippen LogP contribution in [0.15, 0.2) is 10.2 Å². The topological polar surface area (TPSA) is 77.3 Å². The van der Waals surface area contributed by atoms with E-state index in [0.717, 1.165) is 50.6 Å². The van der Waals surface area contributed by atoms with Crippen molar-refractivity contribution in [3.05, 3.63) is 0 Å². The van der Waals surface area contributed by atoms with Crippen LogP contribution >= 0.6 is 0 Å². The molecule has 0 N–H and O–H groups in total. The Labute approximate surface area is 121 Å². The third-order valence-corrected chi connectivity index (χ3v) is 6.25. The molecule has 2 amide bonds. The number of hydrogen-bond acceptors (Lipinski definition) is 4. The average Bonchev–Trinajstić information content (AvgIpc) is 2.90. The minimum Gasteiger partial charge on any atom is -0.504 e. The predicted octanol–water partition coefficient (Wildman–Crippen LogP) is 4.20. The van der Waals surface area contributed by atoms with Crippen molar-refractivity contribution in [2.45, 2.75) is 70.6 Å². The number of carbonyl (C=O) groups excluding carboxylic acids is 2. The van der Waals surface area contributed by atoms with E-state index >= 15 is 0 Å². The maximum absolute atomic E-state index is 11.5. The Bertz CT molecular complexity index is 337. The number of azo groups is 1. The highest BCUT2D eigenvalue weighted by Crippen LogP contribution is 2.21. The molecule has 0 atom stereocenters. The molecule has 0 bridgehead atoms. The van der Waals surface area contributed by atoms with E-state index < -0.39 is 21.2 Å². The second kappa shape index (κ2) is 9.63. The molecule has 0 heterocycles. The van der Waals surface area contributed by atoms with Crippen LogP contribution < -0.4 is 0 Å². The smallest absolute Gasteiger partial charge is 0.452 e. The summed E-state index contributed by atoms with van der Waals surface area (Å²) in [6, 6.07) is 1.86. The van der Waals surface area contributed by atoms with E-state index in [1.165, 1.54) is 0 Å². The lowest BCUT2D eigenvalue weighted by Crippen LogP contribution is -2.20. The standard InChI is InChI=1S/C13H24N2O4Si/c1-3-9-20(10-4-2)19-13(17)15-14-12(16)18-11-7-5-6-8-11/h11,20H,3-10H2,1-2H3. The summed E-state index contributed by atoms with van der Waals surface area (Å²) >= 11 is 0. The fourth-order valence-corrected chi connectivity index (χ4v) is 4.47. The number of nitrogens with zero attached hydrogens (tertiary/aromatic N) is 2. The first kappa shape index (κ1) is 16.8. The van der Waals surface area contributed by atoms with E-state index in [1.54, 1.807) is 0 Å². The van der Waals surface area contributed by atoms with Gasteiger partial charge in [0.25, 0.3) is 0 Å². The summed E-state index contributed by atoms with van der Waals surface area (Å²) in [5.74, 6) is 0. The Balaban J connectivity index is 2.31. The molecule has 0 spiro atoms. The largest absolute Gasteiger partial charge is 0.504 e. The quantitative estimate of drug-likeness (QED) is 0.544. The van der Waals surface area contributed by atoms with Crippen LogP contribution in [-0.2, 0) is 9.16 Å². The molecule has 1 rings (SSSR count). The second-order valence-corrected chi connectivity index (χ2v) is 7.71. The molecule has 0 aromatic rings. The maximum Gasteiger partial charge on any atom is 0.452 e. The van der Waals surface area contributed by atoms with Gasteiger partial charge in [-0.15, -0.1) is 0 Å². The van der Waals surface area contributed by atoms with Gasteiger partial charge in [-0.25, -0.2) is 9.59 Å². The second-order valence-electron chi connectivity index (χ2n) is 5.07. The molecule has 6 nitrogen and oxygen atoms in total. The lowest BCUT2D eigenvalue weighted by molar-refractivity contribution is 0.108. The molecule has 114 valence electrons. The Kier molecular flexibility index (Phi) is 8.09. The van der Waals surface area contributed by atoms with Crippen molar-refractivity contribution in [1.82, 2.24) is 0 Å². The van der Waals surface area contributed by atoms with Crippen LogP contribution in [0, 0.1) is 0 Å². The van der Waals surface area contributed by atoms with Crippen molar-refractivity contribution < 1.29 is 18.8 Å². The Morgan fingerprint density at radius 1 is 1.05 bits per heavy atom. The van der Waals surface area contributed by atoms with Crippen LogP contribution in [0.3, 0.4) is 0 Å². The minimum absolute atomic E-state index is 0.0697. The zero-order valence-electron chi connectivity index (χ0n) is 12.3. The van der Waals surface area contributed by atoms with E-state index in [-0.39, 0.29) is 6.10 Å². The third kappa shape index (κ3) is 6.79. The van der Waals surface area contributed by atoms with Crippen molar-refractivity contribution in [3.63, 3.8) is 0 Å². The first-order valence-electron chi connectivity index (χ1n) is 7.48. The highest BCUT2D eigenvalue weighted by atomic mass is 28.3. The van der Waals surface area contributed by atoms with Crippen LogP contribution in [0.25, 0.3) is 0 Å². The molecule has 1 fully saturated rings. The number of carbonyl (C=O) groups is 2. The van der Waals surface area contributed by atoms with Crippen LogP contribution in [0.5, 0.6) is 0 Å². The van der Waals surface area contributed by atoms with Gasteiger partial charge in [-0.3, -0.25) is 0 Å². The summed E-state index contributed by atoms with van der Waals surface area (Å²) in [6.07, 6.45) is 4.23. The molecule has 0 aliphatic heterocycles. The lowest BCUT2D eigenvalue weighted by atomic mass is 10.3. The third-order valence-electron chi connectivity index (χ3n) is 3.27. The Hall–Kier alpha value is -1.24. The molecule has 0 saturated heterocycles. The summed E-state index contributed by atoms with van der Waals surface area (Å²) in [6.45, 7) is 4.12. The van der Waals surface area contributed by atoms with Gasteiger partial charge in [0.05, 0.1) is 0 Å². The van der Waals surface area contributed by atoms with Gasteiger partial charge in [-0.2, -0.15) is 0 Å². The van der Waals surface area contributed by atoms with E-state index in [2.05, 4.69) is 24.1 Å². The Morgan fingerprint density at radius 3 is 2.15 bits per heavy atom. The number of ether oxygens (including phenoxy) is 1. The van der Waals surface area contributed by atoms with Crippen LogP contribution in [0.2, 0.25) is 12.1 Å². The van der Waals surface area contributed by atoms with E-state index in [9.17, 15) is 9.59 Å². The van der Waals surface area contributed by atoms with Gasteiger partial charge in [-0.05, 0) is 37.8 Å². The van der Waals surface area contributed by atoms with Gasteiger partial charge in [0.2, 0.25) is 9.04 Å². The highest BCUT2D eigenvalue weighted by molar-refractivity contribution is 6.53. The summed E-state index contributed by atoms with van der Waals surface area (Å²) in [5, 5.41) is 6.57. The molecule has 1 aliphatic carbocycles. The fraction of sp³-hybridized carbons (Fsp3) is 0.846. The van der Waals surface area contributed by atoms with Gasteiger partial charge in [0, 0.05) is 0 Å². The van der Waals surface area contributed by atoms with Crippen molar-refractivity contribution in [2.75, 3.05) is 0 Å². The van der Waals surface area contributed by atoms with Crippen molar-refractivity contribution >= 4 is 21.2 Å². The van der Waals surface area contributed by atoms with E-state index in [4.69, 9.17) is 9.16 Å². The lowest BCUT2D eigenvalue weighted by Gasteiger charge is -2.12. The predicted molar refractivity (Wildman–Crippen MR) is 77.4 cm³/mol. The average molecular weight is 300 g/mol. The van der Waals surface area contributed by atoms with Crippen molar-refractivity contribution in [2.24, 2.45) is 10.2 Å². The minimum atomic E-state index is -1.54. The van der Waals surface area contributed by atoms with E-state index in [1.807, 2.05) is 0 Å². The van der Waals surface area contributed by atoms with Gasteiger partial charge in [0.15, 0.2) is 0 Å². The van der Waals surface area contributed by atoms with Crippen LogP contribution in [-0.4, -0.2) is 27.3 Å². The van der Waals surface area contributed by atoms with E-state index in [0.29, 0.717) is 0 Å². The first-order valence-corrected chi connectivity index (χ1v) is 9.59. The molecule has 1 aliphatic rings. The maximum atomic E-state index is 11.5. The van der Waals surface area contributed by atoms with Crippen molar-refractivity contribution in [1.29, 1.82) is 0 Å². The molecule has 20 heavy (non-hydrogen) atoms. The number of rotatable bonds is 6. The Morgan fingerprint density at radius 2 is 1.60 bits per heavy atom. The van der Waals surface area contributed by atoms with Crippen LogP contribution in [0.4, 0.5) is 9.59 Å². The van der Waals surface area contributed by atoms with Gasteiger partial charge in [-0.1, -0.05) is 36.9 Å². The summed E-state index contributed by atoms with van der Waals surface area (Å²) in [4.78, 5) is 22.9. The zero-order valence-corrected chi connectivity index (χ0v) is 13.5. The van der Waals surface area contributed by atoms with Crippen molar-refractivity contribution in [3.8, 4) is 0 Å². The highest BCUT2D eigenvalue weighted by Gasteiger charge is 2.19. The SMILES string of the molecule is CCC[SiH](CCC)OC(=O)N=NC(=O)OC1CCCC1. The molecule has 0 aromatic carbocycles. The summed E-state index contributed by atoms with van der Waals surface area (Å²) < 4.78 is 10.3. The fourth-order valence-electron chi connectivity index (χ4n) is 2.33. The molecule has 0 radical (unpaired) electrons. The first-order chi connectivity index (χ1) is 9.65. The van der Waals surface area contributed by atoms with Gasteiger partial charge < -0.3 is 9.16 Å². The van der Waals surface area contributed by atoms with Gasteiger partial charge >= 0.3 is 12.2 Å². The normalized spacial score (nSPS) is 15.9.